The molecule has 1 N–H and O–H groups in total. The van der Waals surface area contributed by atoms with Gasteiger partial charge in [-0.15, -0.1) is 0 Å². The third-order valence-electron chi connectivity index (χ3n) is 4.22. The average molecular weight is 293 g/mol. The monoisotopic (exact) mass is 293 g/mol. The first-order valence-corrected chi connectivity index (χ1v) is 7.26. The minimum Gasteiger partial charge on any atom is -0.494 e. The van der Waals surface area contributed by atoms with E-state index in [-0.39, 0.29) is 11.7 Å². The van der Waals surface area contributed by atoms with E-state index >= 15 is 0 Å². The van der Waals surface area contributed by atoms with E-state index in [4.69, 9.17) is 4.74 Å². The van der Waals surface area contributed by atoms with Crippen LogP contribution in [0.4, 0.5) is 4.39 Å². The van der Waals surface area contributed by atoms with E-state index in [2.05, 4.69) is 10.2 Å². The van der Waals surface area contributed by atoms with Gasteiger partial charge < -0.3 is 15.0 Å². The summed E-state index contributed by atoms with van der Waals surface area (Å²) in [6.45, 7) is 5.54. The van der Waals surface area contributed by atoms with Crippen LogP contribution in [-0.2, 0) is 0 Å². The van der Waals surface area contributed by atoms with E-state index in [9.17, 15) is 9.18 Å². The first kappa shape index (κ1) is 14.3. The molecule has 0 aromatic heterocycles. The minimum atomic E-state index is -0.498. The lowest BCUT2D eigenvalue weighted by Crippen LogP contribution is -2.63. The van der Waals surface area contributed by atoms with Gasteiger partial charge in [0.2, 0.25) is 0 Å². The van der Waals surface area contributed by atoms with Crippen molar-refractivity contribution in [3.63, 3.8) is 0 Å². The number of nitrogens with one attached hydrogen (secondary N) is 1. The van der Waals surface area contributed by atoms with E-state index in [1.807, 2.05) is 0 Å². The first-order valence-electron chi connectivity index (χ1n) is 7.26. The number of carbonyl (C=O) groups excluding carboxylic acids is 1. The Bertz CT molecular complexity index is 526. The zero-order valence-corrected chi connectivity index (χ0v) is 12.1. The molecular weight excluding hydrogens is 273 g/mol. The smallest absolute Gasteiger partial charge is 0.254 e. The normalized spacial score (nSPS) is 20.2. The lowest BCUT2D eigenvalue weighted by Gasteiger charge is -2.46. The third-order valence-corrected chi connectivity index (χ3v) is 4.22. The van der Waals surface area contributed by atoms with Crippen molar-refractivity contribution in [3.8, 4) is 5.75 Å². The summed E-state index contributed by atoms with van der Waals surface area (Å²) in [5, 5.41) is 3.32. The van der Waals surface area contributed by atoms with Gasteiger partial charge in [0, 0.05) is 50.9 Å². The van der Waals surface area contributed by atoms with Crippen LogP contribution in [0.15, 0.2) is 18.2 Å². The molecular formula is C15H20FN3O2. The standard InChI is InChI=1S/C15H20FN3O2/c1-21-14-3-2-11(8-13(14)16)15(20)19-9-12(10-19)18-6-4-17-5-7-18/h2-3,8,12,17H,4-7,9-10H2,1H3. The summed E-state index contributed by atoms with van der Waals surface area (Å²) >= 11 is 0. The maximum Gasteiger partial charge on any atom is 0.254 e. The van der Waals surface area contributed by atoms with Gasteiger partial charge in [-0.05, 0) is 18.2 Å². The molecule has 2 fully saturated rings. The fourth-order valence-corrected chi connectivity index (χ4v) is 2.88. The van der Waals surface area contributed by atoms with Gasteiger partial charge in [-0.1, -0.05) is 0 Å². The summed E-state index contributed by atoms with van der Waals surface area (Å²) in [6, 6.07) is 4.80. The van der Waals surface area contributed by atoms with Crippen LogP contribution in [-0.4, -0.2) is 68.1 Å². The van der Waals surface area contributed by atoms with Crippen LogP contribution in [0, 0.1) is 5.82 Å². The van der Waals surface area contributed by atoms with Crippen molar-refractivity contribution >= 4 is 5.91 Å². The van der Waals surface area contributed by atoms with Gasteiger partial charge in [-0.2, -0.15) is 0 Å². The Morgan fingerprint density at radius 1 is 1.33 bits per heavy atom. The van der Waals surface area contributed by atoms with Crippen LogP contribution >= 0.6 is 0 Å². The maximum atomic E-state index is 13.7. The molecule has 1 amide bonds. The average Bonchev–Trinajstić information content (AvgIpc) is 2.46. The predicted molar refractivity (Wildman–Crippen MR) is 77.1 cm³/mol. The number of hydrogen-bond acceptors (Lipinski definition) is 4. The van der Waals surface area contributed by atoms with Crippen molar-refractivity contribution in [1.82, 2.24) is 15.1 Å². The van der Waals surface area contributed by atoms with Gasteiger partial charge >= 0.3 is 0 Å². The van der Waals surface area contributed by atoms with Crippen molar-refractivity contribution in [1.29, 1.82) is 0 Å². The Morgan fingerprint density at radius 2 is 2.05 bits per heavy atom. The number of methoxy groups -OCH3 is 1. The molecule has 5 nitrogen and oxygen atoms in total. The topological polar surface area (TPSA) is 44.8 Å². The summed E-state index contributed by atoms with van der Waals surface area (Å²) in [5.74, 6) is -0.445. The predicted octanol–water partition coefficient (Wildman–Crippen LogP) is 0.564. The quantitative estimate of drug-likeness (QED) is 0.885. The van der Waals surface area contributed by atoms with E-state index in [1.54, 1.807) is 11.0 Å². The van der Waals surface area contributed by atoms with E-state index in [0.717, 1.165) is 39.3 Å². The zero-order valence-electron chi connectivity index (χ0n) is 12.1. The summed E-state index contributed by atoms with van der Waals surface area (Å²) in [7, 11) is 1.41. The van der Waals surface area contributed by atoms with Crippen molar-refractivity contribution in [2.24, 2.45) is 0 Å². The number of ether oxygens (including phenoxy) is 1. The number of benzene rings is 1. The van der Waals surface area contributed by atoms with E-state index in [1.165, 1.54) is 19.2 Å². The van der Waals surface area contributed by atoms with Crippen molar-refractivity contribution < 1.29 is 13.9 Å². The van der Waals surface area contributed by atoms with Crippen LogP contribution in [0.3, 0.4) is 0 Å². The Hall–Kier alpha value is -1.66. The molecule has 1 aromatic carbocycles. The number of likely N-dealkylation sites (tertiary alicyclic amines) is 1. The molecule has 2 saturated heterocycles. The molecule has 114 valence electrons. The van der Waals surface area contributed by atoms with E-state index in [0.29, 0.717) is 11.6 Å². The number of nitrogens with zero attached hydrogens (tertiary/aromatic N) is 2. The molecule has 2 aliphatic rings. The van der Waals surface area contributed by atoms with Gasteiger partial charge in [-0.3, -0.25) is 9.69 Å². The zero-order chi connectivity index (χ0) is 14.8. The number of piperazine rings is 1. The van der Waals surface area contributed by atoms with Gasteiger partial charge in [0.1, 0.15) is 0 Å². The molecule has 2 heterocycles. The van der Waals surface area contributed by atoms with Crippen LogP contribution in [0.5, 0.6) is 5.75 Å². The molecule has 3 rings (SSSR count). The lowest BCUT2D eigenvalue weighted by molar-refractivity contribution is 0.0227. The highest BCUT2D eigenvalue weighted by Gasteiger charge is 2.35. The van der Waals surface area contributed by atoms with E-state index < -0.39 is 5.82 Å². The number of amides is 1. The van der Waals surface area contributed by atoms with Gasteiger partial charge in [-0.25, -0.2) is 4.39 Å². The maximum absolute atomic E-state index is 13.7. The Balaban J connectivity index is 1.58. The molecule has 2 aliphatic heterocycles. The van der Waals surface area contributed by atoms with Crippen molar-refractivity contribution in [2.75, 3.05) is 46.4 Å². The van der Waals surface area contributed by atoms with Crippen molar-refractivity contribution in [3.05, 3.63) is 29.6 Å². The largest absolute Gasteiger partial charge is 0.494 e. The van der Waals surface area contributed by atoms with Crippen LogP contribution in [0.25, 0.3) is 0 Å². The summed E-state index contributed by atoms with van der Waals surface area (Å²) in [5.41, 5.74) is 0.382. The van der Waals surface area contributed by atoms with Crippen LogP contribution in [0.1, 0.15) is 10.4 Å². The highest BCUT2D eigenvalue weighted by atomic mass is 19.1. The molecule has 21 heavy (non-hydrogen) atoms. The second-order valence-electron chi connectivity index (χ2n) is 5.50. The molecule has 0 unspecified atom stereocenters. The molecule has 1 aromatic rings. The fraction of sp³-hybridized carbons (Fsp3) is 0.533. The molecule has 0 aliphatic carbocycles. The Labute approximate surface area is 123 Å². The SMILES string of the molecule is COc1ccc(C(=O)N2CC(N3CCNCC3)C2)cc1F. The van der Waals surface area contributed by atoms with Crippen LogP contribution in [0.2, 0.25) is 0 Å². The van der Waals surface area contributed by atoms with Gasteiger partial charge in [0.05, 0.1) is 7.11 Å². The molecule has 0 radical (unpaired) electrons. The summed E-state index contributed by atoms with van der Waals surface area (Å²) < 4.78 is 18.5. The number of rotatable bonds is 3. The molecule has 0 bridgehead atoms. The van der Waals surface area contributed by atoms with Gasteiger partial charge in [0.25, 0.3) is 5.91 Å². The molecule has 6 heteroatoms. The number of hydrogen-bond donors (Lipinski definition) is 1. The third kappa shape index (κ3) is 2.87. The first-order chi connectivity index (χ1) is 10.2. The van der Waals surface area contributed by atoms with Gasteiger partial charge in [0.15, 0.2) is 11.6 Å². The Kier molecular flexibility index (Phi) is 4.07. The second-order valence-corrected chi connectivity index (χ2v) is 5.50. The minimum absolute atomic E-state index is 0.108. The highest BCUT2D eigenvalue weighted by Crippen LogP contribution is 2.22. The summed E-state index contributed by atoms with van der Waals surface area (Å²) in [4.78, 5) is 16.5. The Morgan fingerprint density at radius 3 is 2.67 bits per heavy atom. The molecule has 0 spiro atoms. The number of carbonyl (C=O) groups is 1. The second kappa shape index (κ2) is 5.99. The number of halogens is 1. The fourth-order valence-electron chi connectivity index (χ4n) is 2.88. The summed E-state index contributed by atoms with van der Waals surface area (Å²) in [6.07, 6.45) is 0. The lowest BCUT2D eigenvalue weighted by atomic mass is 10.0. The molecule has 0 atom stereocenters. The van der Waals surface area contributed by atoms with Crippen LogP contribution < -0.4 is 10.1 Å². The van der Waals surface area contributed by atoms with Crippen molar-refractivity contribution in [2.45, 2.75) is 6.04 Å². The molecule has 0 saturated carbocycles. The highest BCUT2D eigenvalue weighted by molar-refractivity contribution is 5.95.